The number of nitrogens with two attached hydrogens (primary N) is 2. The van der Waals surface area contributed by atoms with Crippen LogP contribution >= 0.6 is 11.8 Å². The molecule has 4 N–H and O–H groups in total. The summed E-state index contributed by atoms with van der Waals surface area (Å²) in [6, 6.07) is 13.0. The van der Waals surface area contributed by atoms with Crippen molar-refractivity contribution >= 4 is 27.7 Å². The Morgan fingerprint density at radius 2 is 1.60 bits per heavy atom. The number of primary amides is 1. The van der Waals surface area contributed by atoms with Crippen LogP contribution in [0.25, 0.3) is 0 Å². The molecule has 2 aromatic carbocycles. The fourth-order valence-corrected chi connectivity index (χ4v) is 3.05. The molecule has 0 unspecified atom stereocenters. The van der Waals surface area contributed by atoms with E-state index in [1.165, 1.54) is 23.9 Å². The van der Waals surface area contributed by atoms with E-state index >= 15 is 0 Å². The molecule has 0 aliphatic heterocycles. The van der Waals surface area contributed by atoms with Gasteiger partial charge in [0, 0.05) is 9.79 Å². The van der Waals surface area contributed by atoms with Gasteiger partial charge in [-0.25, -0.2) is 13.6 Å². The van der Waals surface area contributed by atoms with E-state index in [1.54, 1.807) is 36.4 Å². The lowest BCUT2D eigenvalue weighted by Gasteiger charge is -2.06. The van der Waals surface area contributed by atoms with E-state index in [9.17, 15) is 13.2 Å². The van der Waals surface area contributed by atoms with Gasteiger partial charge in [0.25, 0.3) is 0 Å². The average Bonchev–Trinajstić information content (AvgIpc) is 2.38. The summed E-state index contributed by atoms with van der Waals surface area (Å²) in [6.45, 7) is 0. The third kappa shape index (κ3) is 3.38. The summed E-state index contributed by atoms with van der Waals surface area (Å²) in [7, 11) is -3.70. The molecule has 0 bridgehead atoms. The number of carbonyl (C=O) groups excluding carboxylic acids is 1. The molecule has 0 fully saturated rings. The summed E-state index contributed by atoms with van der Waals surface area (Å²) in [6.07, 6.45) is 0. The van der Waals surface area contributed by atoms with Crippen molar-refractivity contribution in [3.8, 4) is 0 Å². The summed E-state index contributed by atoms with van der Waals surface area (Å²) in [5.41, 5.74) is 5.73. The summed E-state index contributed by atoms with van der Waals surface area (Å²) in [4.78, 5) is 12.9. The van der Waals surface area contributed by atoms with Gasteiger partial charge >= 0.3 is 0 Å². The number of hydrogen-bond acceptors (Lipinski definition) is 4. The molecule has 0 saturated heterocycles. The van der Waals surface area contributed by atoms with Crippen LogP contribution in [-0.2, 0) is 10.0 Å². The molecular weight excluding hydrogens is 296 g/mol. The molecule has 7 heteroatoms. The van der Waals surface area contributed by atoms with Gasteiger partial charge in [0.05, 0.1) is 10.5 Å². The number of primary sulfonamides is 1. The minimum absolute atomic E-state index is 0.0463. The van der Waals surface area contributed by atoms with Gasteiger partial charge in [0.1, 0.15) is 0 Å². The van der Waals surface area contributed by atoms with E-state index < -0.39 is 15.9 Å². The predicted molar refractivity (Wildman–Crippen MR) is 76.9 cm³/mol. The van der Waals surface area contributed by atoms with Gasteiger partial charge in [-0.3, -0.25) is 4.79 Å². The van der Waals surface area contributed by atoms with Gasteiger partial charge < -0.3 is 5.73 Å². The zero-order valence-electron chi connectivity index (χ0n) is 10.3. The standard InChI is InChI=1S/C13H12N2O3S2/c14-13(16)11-3-1-2-4-12(11)19-9-5-7-10(8-6-9)20(15,17)18/h1-8H,(H2,14,16)(H2,15,17,18). The number of rotatable bonds is 4. The molecule has 5 nitrogen and oxygen atoms in total. The summed E-state index contributed by atoms with van der Waals surface area (Å²) < 4.78 is 22.3. The van der Waals surface area contributed by atoms with Gasteiger partial charge in [0.2, 0.25) is 15.9 Å². The van der Waals surface area contributed by atoms with Crippen molar-refractivity contribution < 1.29 is 13.2 Å². The van der Waals surface area contributed by atoms with Crippen molar-refractivity contribution in [1.29, 1.82) is 0 Å². The fraction of sp³-hybridized carbons (Fsp3) is 0. The minimum atomic E-state index is -3.70. The Balaban J connectivity index is 2.30. The van der Waals surface area contributed by atoms with E-state index in [-0.39, 0.29) is 4.90 Å². The Morgan fingerprint density at radius 3 is 2.15 bits per heavy atom. The van der Waals surface area contributed by atoms with Crippen molar-refractivity contribution in [3.05, 3.63) is 54.1 Å². The second-order valence-electron chi connectivity index (χ2n) is 3.98. The second-order valence-corrected chi connectivity index (χ2v) is 6.66. The maximum atomic E-state index is 11.3. The molecule has 0 heterocycles. The van der Waals surface area contributed by atoms with Crippen molar-refractivity contribution in [2.24, 2.45) is 10.9 Å². The first kappa shape index (κ1) is 14.6. The summed E-state index contributed by atoms with van der Waals surface area (Å²) in [5, 5.41) is 5.03. The molecule has 20 heavy (non-hydrogen) atoms. The molecule has 0 aliphatic carbocycles. The maximum Gasteiger partial charge on any atom is 0.249 e. The molecular formula is C13H12N2O3S2. The fourth-order valence-electron chi connectivity index (χ4n) is 1.58. The number of hydrogen-bond donors (Lipinski definition) is 2. The molecule has 0 radical (unpaired) electrons. The van der Waals surface area contributed by atoms with Crippen LogP contribution in [-0.4, -0.2) is 14.3 Å². The predicted octanol–water partition coefficient (Wildman–Crippen LogP) is 1.58. The highest BCUT2D eigenvalue weighted by atomic mass is 32.2. The highest BCUT2D eigenvalue weighted by molar-refractivity contribution is 7.99. The van der Waals surface area contributed by atoms with Crippen LogP contribution in [0.5, 0.6) is 0 Å². The second kappa shape index (κ2) is 5.66. The van der Waals surface area contributed by atoms with Crippen LogP contribution in [0.3, 0.4) is 0 Å². The van der Waals surface area contributed by atoms with E-state index in [0.717, 1.165) is 4.90 Å². The Labute approximate surface area is 121 Å². The van der Waals surface area contributed by atoms with Crippen molar-refractivity contribution in [1.82, 2.24) is 0 Å². The minimum Gasteiger partial charge on any atom is -0.366 e. The number of sulfonamides is 1. The quantitative estimate of drug-likeness (QED) is 0.895. The maximum absolute atomic E-state index is 11.3. The third-order valence-corrected chi connectivity index (χ3v) is 4.55. The van der Waals surface area contributed by atoms with Crippen molar-refractivity contribution in [3.63, 3.8) is 0 Å². The molecule has 0 aliphatic rings. The number of amides is 1. The highest BCUT2D eigenvalue weighted by Gasteiger charge is 2.10. The molecule has 2 aromatic rings. The molecule has 0 atom stereocenters. The lowest BCUT2D eigenvalue weighted by atomic mass is 10.2. The number of benzene rings is 2. The third-order valence-electron chi connectivity index (χ3n) is 2.53. The van der Waals surface area contributed by atoms with Crippen LogP contribution in [0.15, 0.2) is 63.2 Å². The van der Waals surface area contributed by atoms with Gasteiger partial charge in [-0.05, 0) is 36.4 Å². The van der Waals surface area contributed by atoms with Crippen molar-refractivity contribution in [2.75, 3.05) is 0 Å². The molecule has 0 spiro atoms. The SMILES string of the molecule is NC(=O)c1ccccc1Sc1ccc(S(N)(=O)=O)cc1. The van der Waals surface area contributed by atoms with Gasteiger partial charge in [-0.2, -0.15) is 0 Å². The van der Waals surface area contributed by atoms with E-state index in [1.807, 2.05) is 0 Å². The zero-order chi connectivity index (χ0) is 14.8. The lowest BCUT2D eigenvalue weighted by molar-refractivity contribution is 0.0997. The van der Waals surface area contributed by atoms with E-state index in [2.05, 4.69) is 0 Å². The zero-order valence-corrected chi connectivity index (χ0v) is 11.9. The summed E-state index contributed by atoms with van der Waals surface area (Å²) >= 11 is 1.33. The Hall–Kier alpha value is -1.83. The largest absolute Gasteiger partial charge is 0.366 e. The van der Waals surface area contributed by atoms with Gasteiger partial charge in [-0.15, -0.1) is 0 Å². The first-order valence-electron chi connectivity index (χ1n) is 5.57. The molecule has 104 valence electrons. The van der Waals surface area contributed by atoms with Gasteiger partial charge in [0.15, 0.2) is 0 Å². The molecule has 0 aromatic heterocycles. The van der Waals surface area contributed by atoms with Crippen LogP contribution in [0, 0.1) is 0 Å². The summed E-state index contributed by atoms with van der Waals surface area (Å²) in [5.74, 6) is -0.505. The average molecular weight is 308 g/mol. The first-order chi connectivity index (χ1) is 9.38. The highest BCUT2D eigenvalue weighted by Crippen LogP contribution is 2.30. The monoisotopic (exact) mass is 308 g/mol. The van der Waals surface area contributed by atoms with Crippen LogP contribution < -0.4 is 10.9 Å². The number of carbonyl (C=O) groups is 1. The first-order valence-corrected chi connectivity index (χ1v) is 7.94. The lowest BCUT2D eigenvalue weighted by Crippen LogP contribution is -2.12. The smallest absolute Gasteiger partial charge is 0.249 e. The molecule has 0 saturated carbocycles. The van der Waals surface area contributed by atoms with E-state index in [0.29, 0.717) is 10.5 Å². The van der Waals surface area contributed by atoms with Gasteiger partial charge in [-0.1, -0.05) is 23.9 Å². The Kier molecular flexibility index (Phi) is 4.12. The van der Waals surface area contributed by atoms with Crippen LogP contribution in [0.4, 0.5) is 0 Å². The normalized spacial score (nSPS) is 11.2. The van der Waals surface area contributed by atoms with Crippen LogP contribution in [0.1, 0.15) is 10.4 Å². The van der Waals surface area contributed by atoms with Crippen molar-refractivity contribution in [2.45, 2.75) is 14.7 Å². The topological polar surface area (TPSA) is 103 Å². The van der Waals surface area contributed by atoms with Crippen LogP contribution in [0.2, 0.25) is 0 Å². The van der Waals surface area contributed by atoms with E-state index in [4.69, 9.17) is 10.9 Å². The molecule has 1 amide bonds. The molecule has 2 rings (SSSR count). The Bertz CT molecular complexity index is 740. The Morgan fingerprint density at radius 1 is 1.00 bits per heavy atom.